The van der Waals surface area contributed by atoms with Gasteiger partial charge in [0, 0.05) is 24.6 Å². The van der Waals surface area contributed by atoms with Crippen molar-refractivity contribution >= 4 is 11.7 Å². The number of nitrogens with one attached hydrogen (secondary N) is 2. The van der Waals surface area contributed by atoms with Gasteiger partial charge in [0.2, 0.25) is 0 Å². The second kappa shape index (κ2) is 6.49. The number of aromatic nitrogens is 1. The Labute approximate surface area is 110 Å². The first-order valence-electron chi connectivity index (χ1n) is 5.94. The Hall–Kier alpha value is -2.43. The molecule has 0 spiro atoms. The molecule has 19 heavy (non-hydrogen) atoms. The minimum Gasteiger partial charge on any atom is -0.338 e. The van der Waals surface area contributed by atoms with Crippen LogP contribution in [-0.2, 0) is 6.42 Å². The van der Waals surface area contributed by atoms with Crippen LogP contribution in [0.25, 0.3) is 0 Å². The van der Waals surface area contributed by atoms with Gasteiger partial charge in [-0.2, -0.15) is 0 Å². The van der Waals surface area contributed by atoms with Crippen molar-refractivity contribution in [3.8, 4) is 0 Å². The lowest BCUT2D eigenvalue weighted by Crippen LogP contribution is -2.30. The average molecular weight is 259 g/mol. The molecule has 98 valence electrons. The summed E-state index contributed by atoms with van der Waals surface area (Å²) in [5, 5.41) is 5.33. The molecule has 1 aromatic heterocycles. The van der Waals surface area contributed by atoms with Crippen LogP contribution in [0.5, 0.6) is 0 Å². The van der Waals surface area contributed by atoms with Gasteiger partial charge < -0.3 is 10.6 Å². The van der Waals surface area contributed by atoms with Crippen LogP contribution in [0.15, 0.2) is 48.8 Å². The molecule has 0 aliphatic heterocycles. The van der Waals surface area contributed by atoms with Crippen molar-refractivity contribution in [1.29, 1.82) is 0 Å². The molecule has 0 bridgehead atoms. The van der Waals surface area contributed by atoms with Crippen molar-refractivity contribution in [2.75, 3.05) is 11.9 Å². The van der Waals surface area contributed by atoms with Gasteiger partial charge in [-0.15, -0.1) is 0 Å². The Kier molecular flexibility index (Phi) is 4.44. The van der Waals surface area contributed by atoms with Crippen LogP contribution < -0.4 is 10.6 Å². The Balaban J connectivity index is 1.77. The maximum absolute atomic E-state index is 13.3. The maximum atomic E-state index is 13.3. The van der Waals surface area contributed by atoms with Crippen molar-refractivity contribution in [3.05, 3.63) is 60.2 Å². The number of hydrogen-bond acceptors (Lipinski definition) is 2. The van der Waals surface area contributed by atoms with Crippen LogP contribution in [0.1, 0.15) is 5.56 Å². The molecular formula is C14H14FN3O. The molecule has 1 heterocycles. The van der Waals surface area contributed by atoms with E-state index < -0.39 is 0 Å². The lowest BCUT2D eigenvalue weighted by atomic mass is 10.1. The van der Waals surface area contributed by atoms with Crippen LogP contribution in [0.3, 0.4) is 0 Å². The highest BCUT2D eigenvalue weighted by molar-refractivity contribution is 5.89. The van der Waals surface area contributed by atoms with Gasteiger partial charge in [0.05, 0.1) is 0 Å². The van der Waals surface area contributed by atoms with E-state index in [9.17, 15) is 9.18 Å². The third kappa shape index (κ3) is 4.06. The predicted octanol–water partition coefficient (Wildman–Crippen LogP) is 2.58. The number of urea groups is 1. The van der Waals surface area contributed by atoms with Gasteiger partial charge in [-0.25, -0.2) is 9.18 Å². The quantitative estimate of drug-likeness (QED) is 0.886. The number of amides is 2. The average Bonchev–Trinajstić information content (AvgIpc) is 2.42. The lowest BCUT2D eigenvalue weighted by Gasteiger charge is -2.07. The first-order valence-corrected chi connectivity index (χ1v) is 5.94. The fourth-order valence-corrected chi connectivity index (χ4v) is 1.62. The van der Waals surface area contributed by atoms with Crippen LogP contribution in [0.2, 0.25) is 0 Å². The number of anilines is 1. The van der Waals surface area contributed by atoms with E-state index in [-0.39, 0.29) is 11.8 Å². The zero-order valence-electron chi connectivity index (χ0n) is 10.3. The second-order valence-corrected chi connectivity index (χ2v) is 3.96. The number of hydrogen-bond donors (Lipinski definition) is 2. The van der Waals surface area contributed by atoms with E-state index in [1.165, 1.54) is 6.07 Å². The zero-order valence-corrected chi connectivity index (χ0v) is 10.3. The summed E-state index contributed by atoms with van der Waals surface area (Å²) in [7, 11) is 0. The number of pyridine rings is 1. The number of halogens is 1. The largest absolute Gasteiger partial charge is 0.338 e. The van der Waals surface area contributed by atoms with Crippen molar-refractivity contribution in [2.24, 2.45) is 0 Å². The van der Waals surface area contributed by atoms with Crippen molar-refractivity contribution in [2.45, 2.75) is 6.42 Å². The molecule has 2 amide bonds. The van der Waals surface area contributed by atoms with E-state index in [0.29, 0.717) is 24.2 Å². The number of benzene rings is 1. The molecule has 0 radical (unpaired) electrons. The third-order valence-corrected chi connectivity index (χ3v) is 2.58. The fraction of sp³-hybridized carbons (Fsp3) is 0.143. The first-order chi connectivity index (χ1) is 9.25. The molecule has 0 aliphatic carbocycles. The molecule has 0 fully saturated rings. The maximum Gasteiger partial charge on any atom is 0.319 e. The predicted molar refractivity (Wildman–Crippen MR) is 71.4 cm³/mol. The summed E-state index contributed by atoms with van der Waals surface area (Å²) >= 11 is 0. The van der Waals surface area contributed by atoms with Crippen LogP contribution in [0, 0.1) is 5.82 Å². The van der Waals surface area contributed by atoms with Crippen LogP contribution in [-0.4, -0.2) is 17.6 Å². The Bertz CT molecular complexity index is 545. The van der Waals surface area contributed by atoms with Crippen molar-refractivity contribution in [1.82, 2.24) is 10.3 Å². The molecule has 5 heteroatoms. The zero-order chi connectivity index (χ0) is 13.5. The summed E-state index contributed by atoms with van der Waals surface area (Å²) in [6, 6.07) is 9.59. The Morgan fingerprint density at radius 3 is 2.63 bits per heavy atom. The Morgan fingerprint density at radius 2 is 1.89 bits per heavy atom. The molecule has 2 N–H and O–H groups in total. The topological polar surface area (TPSA) is 54.0 Å². The summed E-state index contributed by atoms with van der Waals surface area (Å²) in [5.41, 5.74) is 1.25. The van der Waals surface area contributed by atoms with E-state index in [1.54, 1.807) is 42.7 Å². The summed E-state index contributed by atoms with van der Waals surface area (Å²) in [5.74, 6) is -0.251. The summed E-state index contributed by atoms with van der Waals surface area (Å²) < 4.78 is 13.3. The first kappa shape index (κ1) is 13.0. The van der Waals surface area contributed by atoms with Crippen LogP contribution in [0.4, 0.5) is 14.9 Å². The molecule has 0 atom stereocenters. The van der Waals surface area contributed by atoms with Gasteiger partial charge in [0.1, 0.15) is 5.82 Å². The molecule has 0 saturated carbocycles. The van der Waals surface area contributed by atoms with E-state index >= 15 is 0 Å². The number of carbonyl (C=O) groups is 1. The number of carbonyl (C=O) groups excluding carboxylic acids is 1. The second-order valence-electron chi connectivity index (χ2n) is 3.96. The molecule has 0 saturated heterocycles. The van der Waals surface area contributed by atoms with E-state index in [2.05, 4.69) is 15.6 Å². The third-order valence-electron chi connectivity index (χ3n) is 2.58. The molecule has 0 aliphatic rings. The molecule has 4 nitrogen and oxygen atoms in total. The van der Waals surface area contributed by atoms with Crippen LogP contribution >= 0.6 is 0 Å². The minimum atomic E-state index is -0.317. The summed E-state index contributed by atoms with van der Waals surface area (Å²) in [4.78, 5) is 15.4. The molecule has 1 aromatic carbocycles. The van der Waals surface area contributed by atoms with Crippen molar-refractivity contribution in [3.63, 3.8) is 0 Å². The highest BCUT2D eigenvalue weighted by atomic mass is 19.1. The SMILES string of the molecule is O=C(NCCc1ccccc1F)Nc1ccncc1. The Morgan fingerprint density at radius 1 is 1.16 bits per heavy atom. The molecule has 2 aromatic rings. The lowest BCUT2D eigenvalue weighted by molar-refractivity contribution is 0.252. The number of rotatable bonds is 4. The molecular weight excluding hydrogens is 245 g/mol. The monoisotopic (exact) mass is 259 g/mol. The fourth-order valence-electron chi connectivity index (χ4n) is 1.62. The highest BCUT2D eigenvalue weighted by Gasteiger charge is 2.03. The van der Waals surface area contributed by atoms with Gasteiger partial charge >= 0.3 is 6.03 Å². The normalized spacial score (nSPS) is 9.95. The van der Waals surface area contributed by atoms with E-state index in [4.69, 9.17) is 0 Å². The van der Waals surface area contributed by atoms with E-state index in [1.807, 2.05) is 0 Å². The minimum absolute atomic E-state index is 0.251. The van der Waals surface area contributed by atoms with Gasteiger partial charge in [0.15, 0.2) is 0 Å². The van der Waals surface area contributed by atoms with Gasteiger partial charge in [-0.05, 0) is 30.2 Å². The van der Waals surface area contributed by atoms with Gasteiger partial charge in [-0.1, -0.05) is 18.2 Å². The highest BCUT2D eigenvalue weighted by Crippen LogP contribution is 2.06. The molecule has 0 unspecified atom stereocenters. The van der Waals surface area contributed by atoms with Gasteiger partial charge in [-0.3, -0.25) is 4.98 Å². The van der Waals surface area contributed by atoms with Crippen molar-refractivity contribution < 1.29 is 9.18 Å². The molecule has 2 rings (SSSR count). The number of nitrogens with zero attached hydrogens (tertiary/aromatic N) is 1. The van der Waals surface area contributed by atoms with Gasteiger partial charge in [0.25, 0.3) is 0 Å². The standard InChI is InChI=1S/C14H14FN3O/c15-13-4-2-1-3-11(13)5-10-17-14(19)18-12-6-8-16-9-7-12/h1-4,6-9H,5,10H2,(H2,16,17,18,19). The van der Waals surface area contributed by atoms with E-state index in [0.717, 1.165) is 0 Å². The summed E-state index contributed by atoms with van der Waals surface area (Å²) in [6.45, 7) is 0.373. The summed E-state index contributed by atoms with van der Waals surface area (Å²) in [6.07, 6.45) is 3.64. The smallest absolute Gasteiger partial charge is 0.319 e.